The first-order valence-corrected chi connectivity index (χ1v) is 7.42. The van der Waals surface area contributed by atoms with E-state index in [1.54, 1.807) is 12.1 Å². The Morgan fingerprint density at radius 2 is 2.00 bits per heavy atom. The van der Waals surface area contributed by atoms with E-state index in [1.165, 1.54) is 12.1 Å². The maximum atomic E-state index is 11.9. The summed E-state index contributed by atoms with van der Waals surface area (Å²) in [6.45, 7) is 5.49. The third-order valence-corrected chi connectivity index (χ3v) is 4.23. The molecule has 0 spiro atoms. The van der Waals surface area contributed by atoms with Crippen LogP contribution < -0.4 is 4.72 Å². The lowest BCUT2D eigenvalue weighted by Crippen LogP contribution is -2.39. The predicted octanol–water partition coefficient (Wildman–Crippen LogP) is 2.03. The van der Waals surface area contributed by atoms with Crippen molar-refractivity contribution < 1.29 is 13.5 Å². The first kappa shape index (κ1) is 15.4. The van der Waals surface area contributed by atoms with Crippen LogP contribution in [-0.2, 0) is 10.0 Å². The number of halogens is 1. The van der Waals surface area contributed by atoms with Crippen molar-refractivity contribution in [2.24, 2.45) is 5.41 Å². The molecule has 2 N–H and O–H groups in total. The van der Waals surface area contributed by atoms with E-state index in [9.17, 15) is 13.5 Å². The first-order valence-electron chi connectivity index (χ1n) is 5.56. The van der Waals surface area contributed by atoms with E-state index in [1.807, 2.05) is 20.8 Å². The lowest BCUT2D eigenvalue weighted by Gasteiger charge is -2.25. The lowest BCUT2D eigenvalue weighted by atomic mass is 9.89. The van der Waals surface area contributed by atoms with Crippen molar-refractivity contribution in [3.63, 3.8) is 0 Å². The first-order chi connectivity index (χ1) is 8.13. The zero-order valence-corrected chi connectivity index (χ0v) is 12.2. The van der Waals surface area contributed by atoms with Gasteiger partial charge in [-0.15, -0.1) is 0 Å². The topological polar surface area (TPSA) is 66.4 Å². The number of aliphatic hydroxyl groups excluding tert-OH is 1. The fraction of sp³-hybridized carbons (Fsp3) is 0.500. The second-order valence-corrected chi connectivity index (χ2v) is 7.39. The van der Waals surface area contributed by atoms with Crippen LogP contribution in [0.3, 0.4) is 0 Å². The number of benzene rings is 1. The minimum absolute atomic E-state index is 0.0294. The van der Waals surface area contributed by atoms with Gasteiger partial charge in [-0.25, -0.2) is 13.1 Å². The highest BCUT2D eigenvalue weighted by atomic mass is 35.5. The fourth-order valence-electron chi connectivity index (χ4n) is 1.21. The number of hydrogen-bond acceptors (Lipinski definition) is 3. The summed E-state index contributed by atoms with van der Waals surface area (Å²) in [4.78, 5) is 0.0936. The van der Waals surface area contributed by atoms with E-state index in [-0.39, 0.29) is 16.9 Å². The Kier molecular flexibility index (Phi) is 4.78. The Balaban J connectivity index is 2.78. The molecule has 1 unspecified atom stereocenters. The van der Waals surface area contributed by atoms with Crippen LogP contribution in [-0.4, -0.2) is 26.2 Å². The molecule has 4 nitrogen and oxygen atoms in total. The zero-order chi connectivity index (χ0) is 14.0. The normalized spacial score (nSPS) is 14.5. The Morgan fingerprint density at radius 1 is 1.39 bits per heavy atom. The van der Waals surface area contributed by atoms with Crippen LogP contribution in [0.25, 0.3) is 0 Å². The number of rotatable bonds is 4. The standard InChI is InChI=1S/C12H18ClNO3S/c1-12(2,3)11(15)8-14-18(16,17)10-6-4-5-9(13)7-10/h4-7,11,14-15H,8H2,1-3H3. The molecule has 0 amide bonds. The summed E-state index contributed by atoms with van der Waals surface area (Å²) in [7, 11) is -3.63. The minimum Gasteiger partial charge on any atom is -0.391 e. The summed E-state index contributed by atoms with van der Waals surface area (Å²) in [6, 6.07) is 5.99. The minimum atomic E-state index is -3.63. The molecule has 18 heavy (non-hydrogen) atoms. The van der Waals surface area contributed by atoms with E-state index in [0.717, 1.165) is 0 Å². The molecule has 102 valence electrons. The summed E-state index contributed by atoms with van der Waals surface area (Å²) >= 11 is 5.74. The van der Waals surface area contributed by atoms with Gasteiger partial charge in [0.15, 0.2) is 0 Å². The second kappa shape index (κ2) is 5.57. The maximum Gasteiger partial charge on any atom is 0.240 e. The number of sulfonamides is 1. The molecule has 0 saturated carbocycles. The average molecular weight is 292 g/mol. The summed E-state index contributed by atoms with van der Waals surface area (Å²) in [5.74, 6) is 0. The fourth-order valence-corrected chi connectivity index (χ4v) is 2.55. The molecule has 0 aliphatic carbocycles. The van der Waals surface area contributed by atoms with Gasteiger partial charge in [-0.05, 0) is 23.6 Å². The number of hydrogen-bond donors (Lipinski definition) is 2. The third kappa shape index (κ3) is 4.24. The van der Waals surface area contributed by atoms with Crippen molar-refractivity contribution in [3.8, 4) is 0 Å². The van der Waals surface area contributed by atoms with Gasteiger partial charge in [0.1, 0.15) is 0 Å². The van der Waals surface area contributed by atoms with Gasteiger partial charge in [0.2, 0.25) is 10.0 Å². The molecule has 0 aliphatic heterocycles. The smallest absolute Gasteiger partial charge is 0.240 e. The van der Waals surface area contributed by atoms with Gasteiger partial charge in [0.05, 0.1) is 11.0 Å². The van der Waals surface area contributed by atoms with Crippen LogP contribution in [0.1, 0.15) is 20.8 Å². The molecule has 0 bridgehead atoms. The highest BCUT2D eigenvalue weighted by Crippen LogP contribution is 2.19. The van der Waals surface area contributed by atoms with Crippen LogP contribution in [0.15, 0.2) is 29.2 Å². The van der Waals surface area contributed by atoms with Gasteiger partial charge in [-0.1, -0.05) is 38.4 Å². The molecule has 0 heterocycles. The lowest BCUT2D eigenvalue weighted by molar-refractivity contribution is 0.0677. The monoisotopic (exact) mass is 291 g/mol. The van der Waals surface area contributed by atoms with Crippen LogP contribution in [0.4, 0.5) is 0 Å². The number of aliphatic hydroxyl groups is 1. The molecule has 6 heteroatoms. The van der Waals surface area contributed by atoms with Gasteiger partial charge in [-0.3, -0.25) is 0 Å². The van der Waals surface area contributed by atoms with Gasteiger partial charge in [-0.2, -0.15) is 0 Å². The van der Waals surface area contributed by atoms with Crippen LogP contribution in [0.5, 0.6) is 0 Å². The van der Waals surface area contributed by atoms with E-state index in [0.29, 0.717) is 5.02 Å². The van der Waals surface area contributed by atoms with E-state index in [4.69, 9.17) is 11.6 Å². The molecule has 0 saturated heterocycles. The molecule has 0 fully saturated rings. The van der Waals surface area contributed by atoms with Gasteiger partial charge >= 0.3 is 0 Å². The van der Waals surface area contributed by atoms with E-state index in [2.05, 4.69) is 4.72 Å². The van der Waals surface area contributed by atoms with Crippen LogP contribution in [0.2, 0.25) is 5.02 Å². The largest absolute Gasteiger partial charge is 0.391 e. The summed E-state index contributed by atoms with van der Waals surface area (Å²) in [5, 5.41) is 10.2. The molecule has 0 aromatic heterocycles. The molecule has 1 aromatic rings. The Morgan fingerprint density at radius 3 is 2.50 bits per heavy atom. The molecular weight excluding hydrogens is 274 g/mol. The zero-order valence-electron chi connectivity index (χ0n) is 10.6. The Hall–Kier alpha value is -0.620. The van der Waals surface area contributed by atoms with Crippen LogP contribution in [0, 0.1) is 5.41 Å². The Labute approximate surface area is 113 Å². The van der Waals surface area contributed by atoms with Crippen molar-refractivity contribution in [1.82, 2.24) is 4.72 Å². The van der Waals surface area contributed by atoms with Gasteiger partial charge in [0, 0.05) is 11.6 Å². The van der Waals surface area contributed by atoms with Crippen LogP contribution >= 0.6 is 11.6 Å². The highest BCUT2D eigenvalue weighted by Gasteiger charge is 2.24. The summed E-state index contributed by atoms with van der Waals surface area (Å²) in [6.07, 6.45) is -0.758. The molecule has 0 radical (unpaired) electrons. The SMILES string of the molecule is CC(C)(C)C(O)CNS(=O)(=O)c1cccc(Cl)c1. The Bertz CT molecular complexity index is 508. The van der Waals surface area contributed by atoms with Gasteiger partial charge < -0.3 is 5.11 Å². The summed E-state index contributed by atoms with van der Waals surface area (Å²) < 4.78 is 26.2. The number of nitrogens with one attached hydrogen (secondary N) is 1. The second-order valence-electron chi connectivity index (χ2n) is 5.19. The third-order valence-electron chi connectivity index (χ3n) is 2.57. The van der Waals surface area contributed by atoms with Gasteiger partial charge in [0.25, 0.3) is 0 Å². The molecule has 1 atom stereocenters. The predicted molar refractivity (Wildman–Crippen MR) is 72.1 cm³/mol. The molecular formula is C12H18ClNO3S. The van der Waals surface area contributed by atoms with E-state index < -0.39 is 16.1 Å². The molecule has 1 rings (SSSR count). The van der Waals surface area contributed by atoms with Crippen molar-refractivity contribution in [2.75, 3.05) is 6.54 Å². The van der Waals surface area contributed by atoms with E-state index >= 15 is 0 Å². The van der Waals surface area contributed by atoms with Crippen molar-refractivity contribution in [1.29, 1.82) is 0 Å². The van der Waals surface area contributed by atoms with Crippen molar-refractivity contribution in [2.45, 2.75) is 31.8 Å². The summed E-state index contributed by atoms with van der Waals surface area (Å²) in [5.41, 5.74) is -0.378. The van der Waals surface area contributed by atoms with Crippen molar-refractivity contribution >= 4 is 21.6 Å². The average Bonchev–Trinajstić information content (AvgIpc) is 2.24. The molecule has 1 aromatic carbocycles. The quantitative estimate of drug-likeness (QED) is 0.892. The molecule has 0 aliphatic rings. The van der Waals surface area contributed by atoms with Crippen molar-refractivity contribution in [3.05, 3.63) is 29.3 Å². The maximum absolute atomic E-state index is 11.9. The highest BCUT2D eigenvalue weighted by molar-refractivity contribution is 7.89.